The predicted octanol–water partition coefficient (Wildman–Crippen LogP) is 4.75. The van der Waals surface area contributed by atoms with E-state index in [2.05, 4.69) is 10.3 Å². The smallest absolute Gasteiger partial charge is 0.252 e. The fourth-order valence-corrected chi connectivity index (χ4v) is 5.48. The van der Waals surface area contributed by atoms with Gasteiger partial charge in [-0.15, -0.1) is 0 Å². The summed E-state index contributed by atoms with van der Waals surface area (Å²) in [6.07, 6.45) is 3.25. The summed E-state index contributed by atoms with van der Waals surface area (Å²) >= 11 is 0. The molecule has 0 saturated heterocycles. The maximum absolute atomic E-state index is 13.4. The minimum absolute atomic E-state index is 0.246. The van der Waals surface area contributed by atoms with E-state index in [0.29, 0.717) is 35.6 Å². The van der Waals surface area contributed by atoms with Gasteiger partial charge in [-0.25, -0.2) is 12.8 Å². The molecular formula is C28H23FN2O4S. The van der Waals surface area contributed by atoms with E-state index in [9.17, 15) is 17.6 Å². The number of rotatable bonds is 5. The summed E-state index contributed by atoms with van der Waals surface area (Å²) in [5.74, 6) is -0.237. The number of amides is 1. The minimum atomic E-state index is -3.42. The topological polar surface area (TPSA) is 85.4 Å². The van der Waals surface area contributed by atoms with E-state index in [-0.39, 0.29) is 10.8 Å². The highest BCUT2D eigenvalue weighted by Crippen LogP contribution is 2.41. The second-order valence-corrected chi connectivity index (χ2v) is 10.6. The van der Waals surface area contributed by atoms with Crippen molar-refractivity contribution in [1.82, 2.24) is 10.3 Å². The molecule has 0 unspecified atom stereocenters. The van der Waals surface area contributed by atoms with Gasteiger partial charge in [-0.3, -0.25) is 9.78 Å². The van der Waals surface area contributed by atoms with E-state index in [0.717, 1.165) is 11.1 Å². The molecule has 0 radical (unpaired) electrons. The van der Waals surface area contributed by atoms with Gasteiger partial charge in [-0.2, -0.15) is 0 Å². The van der Waals surface area contributed by atoms with Crippen molar-refractivity contribution in [2.75, 3.05) is 12.9 Å². The molecule has 2 heterocycles. The van der Waals surface area contributed by atoms with E-state index in [1.807, 2.05) is 24.3 Å². The normalized spacial score (nSPS) is 17.1. The number of carbonyl (C=O) groups is 1. The van der Waals surface area contributed by atoms with Gasteiger partial charge in [-0.1, -0.05) is 42.5 Å². The largest absolute Gasteiger partial charge is 0.491 e. The molecule has 0 fully saturated rings. The summed E-state index contributed by atoms with van der Waals surface area (Å²) in [5, 5.41) is 3.14. The number of nitrogens with zero attached hydrogens (tertiary/aromatic N) is 1. The standard InChI is InChI=1S/C28H23FN2O4S/c1-36(33,34)25-7-3-2-5-23(25)19-8-12-21(13-9-19)28(16-18-35-24-6-4-17-30-26(24)28)31-27(32)20-10-14-22(29)15-11-20/h2-15,17H,16,18H2,1H3,(H,31,32)/t28-/m1/s1. The lowest BCUT2D eigenvalue weighted by atomic mass is 9.80. The molecule has 3 aromatic carbocycles. The first kappa shape index (κ1) is 23.7. The van der Waals surface area contributed by atoms with Crippen LogP contribution in [0.1, 0.15) is 28.0 Å². The van der Waals surface area contributed by atoms with Gasteiger partial charge in [0.25, 0.3) is 5.91 Å². The Morgan fingerprint density at radius 1 is 0.972 bits per heavy atom. The zero-order valence-corrected chi connectivity index (χ0v) is 20.3. The van der Waals surface area contributed by atoms with E-state index in [1.165, 1.54) is 30.5 Å². The van der Waals surface area contributed by atoms with E-state index >= 15 is 0 Å². The van der Waals surface area contributed by atoms with Crippen LogP contribution < -0.4 is 10.1 Å². The Balaban J connectivity index is 1.60. The molecule has 6 nitrogen and oxygen atoms in total. The number of fused-ring (bicyclic) bond motifs is 1. The van der Waals surface area contributed by atoms with E-state index in [4.69, 9.17) is 4.74 Å². The van der Waals surface area contributed by atoms with Crippen LogP contribution in [0.5, 0.6) is 5.75 Å². The average Bonchev–Trinajstić information content (AvgIpc) is 2.89. The number of aromatic nitrogens is 1. The Labute approximate surface area is 208 Å². The molecular weight excluding hydrogens is 479 g/mol. The molecule has 1 aliphatic rings. The van der Waals surface area contributed by atoms with Gasteiger partial charge < -0.3 is 10.1 Å². The fraction of sp³-hybridized carbons (Fsp3) is 0.143. The number of sulfone groups is 1. The highest BCUT2D eigenvalue weighted by atomic mass is 32.2. The van der Waals surface area contributed by atoms with Crippen molar-refractivity contribution < 1.29 is 22.3 Å². The van der Waals surface area contributed by atoms with Crippen molar-refractivity contribution in [3.63, 3.8) is 0 Å². The van der Waals surface area contributed by atoms with Gasteiger partial charge in [0.2, 0.25) is 0 Å². The monoisotopic (exact) mass is 502 g/mol. The van der Waals surface area contributed by atoms with Crippen LogP contribution in [0.4, 0.5) is 4.39 Å². The summed E-state index contributed by atoms with van der Waals surface area (Å²) in [7, 11) is -3.42. The summed E-state index contributed by atoms with van der Waals surface area (Å²) in [4.78, 5) is 18.1. The summed E-state index contributed by atoms with van der Waals surface area (Å²) in [5.41, 5.74) is 1.97. The molecule has 0 aliphatic carbocycles. The molecule has 8 heteroatoms. The van der Waals surface area contributed by atoms with Crippen molar-refractivity contribution in [2.24, 2.45) is 0 Å². The molecule has 4 aromatic rings. The lowest BCUT2D eigenvalue weighted by Gasteiger charge is -2.39. The van der Waals surface area contributed by atoms with Crippen molar-refractivity contribution in [3.8, 4) is 16.9 Å². The van der Waals surface area contributed by atoms with Crippen LogP contribution in [0.15, 0.2) is 96.0 Å². The lowest BCUT2D eigenvalue weighted by Crippen LogP contribution is -2.50. The van der Waals surface area contributed by atoms with Crippen molar-refractivity contribution >= 4 is 15.7 Å². The van der Waals surface area contributed by atoms with Crippen LogP contribution >= 0.6 is 0 Å². The van der Waals surface area contributed by atoms with Crippen LogP contribution in [0, 0.1) is 5.82 Å². The molecule has 1 aliphatic heterocycles. The number of ether oxygens (including phenoxy) is 1. The van der Waals surface area contributed by atoms with Gasteiger partial charge in [0.15, 0.2) is 9.84 Å². The van der Waals surface area contributed by atoms with Gasteiger partial charge in [-0.05, 0) is 53.6 Å². The first-order valence-corrected chi connectivity index (χ1v) is 13.2. The zero-order chi connectivity index (χ0) is 25.3. The average molecular weight is 503 g/mol. The number of nitrogens with one attached hydrogen (secondary N) is 1. The quantitative estimate of drug-likeness (QED) is 0.426. The Morgan fingerprint density at radius 3 is 2.42 bits per heavy atom. The third-order valence-electron chi connectivity index (χ3n) is 6.32. The summed E-state index contributed by atoms with van der Waals surface area (Å²) in [6.45, 7) is 0.348. The zero-order valence-electron chi connectivity index (χ0n) is 19.4. The lowest BCUT2D eigenvalue weighted by molar-refractivity contribution is 0.0883. The molecule has 1 aromatic heterocycles. The maximum atomic E-state index is 13.4. The third-order valence-corrected chi connectivity index (χ3v) is 7.47. The third kappa shape index (κ3) is 4.35. The Morgan fingerprint density at radius 2 is 1.69 bits per heavy atom. The molecule has 182 valence electrons. The Bertz CT molecular complexity index is 1540. The fourth-order valence-electron chi connectivity index (χ4n) is 4.56. The van der Waals surface area contributed by atoms with Crippen LogP contribution in [0.25, 0.3) is 11.1 Å². The maximum Gasteiger partial charge on any atom is 0.252 e. The van der Waals surface area contributed by atoms with Crippen LogP contribution in [0.3, 0.4) is 0 Å². The number of carbonyl (C=O) groups excluding carboxylic acids is 1. The molecule has 0 saturated carbocycles. The van der Waals surface area contributed by atoms with Crippen molar-refractivity contribution in [3.05, 3.63) is 114 Å². The van der Waals surface area contributed by atoms with Crippen molar-refractivity contribution in [2.45, 2.75) is 16.9 Å². The van der Waals surface area contributed by atoms with Gasteiger partial charge in [0, 0.05) is 30.0 Å². The molecule has 0 spiro atoms. The van der Waals surface area contributed by atoms with Gasteiger partial charge in [0.1, 0.15) is 22.8 Å². The first-order chi connectivity index (χ1) is 17.3. The van der Waals surface area contributed by atoms with Gasteiger partial charge in [0.05, 0.1) is 11.5 Å². The molecule has 1 N–H and O–H groups in total. The van der Waals surface area contributed by atoms with E-state index < -0.39 is 21.2 Å². The second-order valence-electron chi connectivity index (χ2n) is 8.66. The number of halogens is 1. The predicted molar refractivity (Wildman–Crippen MR) is 134 cm³/mol. The number of hydrogen-bond acceptors (Lipinski definition) is 5. The molecule has 0 bridgehead atoms. The Kier molecular flexibility index (Phi) is 6.05. The summed E-state index contributed by atoms with van der Waals surface area (Å²) < 4.78 is 43.9. The van der Waals surface area contributed by atoms with Crippen LogP contribution in [0.2, 0.25) is 0 Å². The first-order valence-electron chi connectivity index (χ1n) is 11.3. The van der Waals surface area contributed by atoms with Crippen LogP contribution in [-0.4, -0.2) is 32.2 Å². The molecule has 5 rings (SSSR count). The minimum Gasteiger partial charge on any atom is -0.491 e. The second kappa shape index (κ2) is 9.20. The number of benzene rings is 3. The van der Waals surface area contributed by atoms with Crippen molar-refractivity contribution in [1.29, 1.82) is 0 Å². The van der Waals surface area contributed by atoms with Crippen LogP contribution in [-0.2, 0) is 15.4 Å². The number of hydrogen-bond donors (Lipinski definition) is 1. The SMILES string of the molecule is CS(=O)(=O)c1ccccc1-c1ccc([C@]2(NC(=O)c3ccc(F)cc3)CCOc3cccnc32)cc1. The molecule has 1 amide bonds. The van der Waals surface area contributed by atoms with E-state index in [1.54, 1.807) is 42.6 Å². The summed E-state index contributed by atoms with van der Waals surface area (Å²) in [6, 6.07) is 23.2. The highest BCUT2D eigenvalue weighted by molar-refractivity contribution is 7.90. The molecule has 36 heavy (non-hydrogen) atoms. The Hall–Kier alpha value is -4.04. The number of pyridine rings is 1. The van der Waals surface area contributed by atoms with Gasteiger partial charge >= 0.3 is 0 Å². The molecule has 1 atom stereocenters. The highest BCUT2D eigenvalue weighted by Gasteiger charge is 2.42.